The van der Waals surface area contributed by atoms with E-state index < -0.39 is 12.1 Å². The van der Waals surface area contributed by atoms with Crippen LogP contribution in [0, 0.1) is 12.2 Å². The van der Waals surface area contributed by atoms with E-state index in [9.17, 15) is 9.59 Å². The molecule has 3 aromatic rings. The van der Waals surface area contributed by atoms with E-state index in [2.05, 4.69) is 21.5 Å². The Bertz CT molecular complexity index is 1070. The van der Waals surface area contributed by atoms with Crippen LogP contribution in [0.3, 0.4) is 0 Å². The van der Waals surface area contributed by atoms with E-state index in [1.165, 1.54) is 7.11 Å². The van der Waals surface area contributed by atoms with Crippen LogP contribution < -0.4 is 5.32 Å². The van der Waals surface area contributed by atoms with Gasteiger partial charge in [0.2, 0.25) is 5.91 Å². The third-order valence-corrected chi connectivity index (χ3v) is 5.63. The predicted octanol–water partition coefficient (Wildman–Crippen LogP) is 4.06. The van der Waals surface area contributed by atoms with Crippen LogP contribution >= 0.6 is 0 Å². The SMILES string of the molecule is COC(=O)N[C@@H](CC(C)C)C(=O)N1CCC[C@H]1c1ncc(-c2ccc3o[c]cc3c2)[nH]1. The summed E-state index contributed by atoms with van der Waals surface area (Å²) in [4.78, 5) is 34.9. The minimum absolute atomic E-state index is 0.102. The van der Waals surface area contributed by atoms with Gasteiger partial charge in [0, 0.05) is 17.5 Å². The van der Waals surface area contributed by atoms with E-state index in [0.29, 0.717) is 13.0 Å². The van der Waals surface area contributed by atoms with Crippen molar-refractivity contribution in [2.45, 2.75) is 45.2 Å². The van der Waals surface area contributed by atoms with E-state index in [1.54, 1.807) is 12.3 Å². The van der Waals surface area contributed by atoms with Crippen LogP contribution in [0.15, 0.2) is 34.9 Å². The summed E-state index contributed by atoms with van der Waals surface area (Å²) in [6, 6.07) is 6.92. The van der Waals surface area contributed by atoms with Gasteiger partial charge < -0.3 is 24.4 Å². The van der Waals surface area contributed by atoms with Crippen molar-refractivity contribution in [3.05, 3.63) is 42.5 Å². The van der Waals surface area contributed by atoms with Gasteiger partial charge in [-0.15, -0.1) is 0 Å². The summed E-state index contributed by atoms with van der Waals surface area (Å²) < 4.78 is 10.0. The lowest BCUT2D eigenvalue weighted by molar-refractivity contribution is -0.134. The highest BCUT2D eigenvalue weighted by Gasteiger charge is 2.36. The Balaban J connectivity index is 1.55. The zero-order valence-corrected chi connectivity index (χ0v) is 18.0. The zero-order chi connectivity index (χ0) is 22.0. The number of methoxy groups -OCH3 is 1. The van der Waals surface area contributed by atoms with Crippen LogP contribution in [-0.4, -0.2) is 46.6 Å². The number of ether oxygens (including phenoxy) is 1. The summed E-state index contributed by atoms with van der Waals surface area (Å²) >= 11 is 0. The number of benzene rings is 1. The Morgan fingerprint density at radius 1 is 1.42 bits per heavy atom. The van der Waals surface area contributed by atoms with Crippen LogP contribution in [0.25, 0.3) is 22.2 Å². The molecule has 1 aliphatic rings. The smallest absolute Gasteiger partial charge is 0.407 e. The second-order valence-corrected chi connectivity index (χ2v) is 8.31. The van der Waals surface area contributed by atoms with Gasteiger partial charge in [-0.05, 0) is 49.4 Å². The highest BCUT2D eigenvalue weighted by molar-refractivity contribution is 5.86. The summed E-state index contributed by atoms with van der Waals surface area (Å²) in [7, 11) is 1.30. The number of fused-ring (bicyclic) bond motifs is 1. The molecule has 8 heteroatoms. The molecule has 2 amide bonds. The third-order valence-electron chi connectivity index (χ3n) is 5.63. The number of H-pyrrole nitrogens is 1. The molecule has 1 fully saturated rings. The van der Waals surface area contributed by atoms with Crippen LogP contribution in [0.5, 0.6) is 0 Å². The number of rotatable bonds is 6. The van der Waals surface area contributed by atoms with Crippen LogP contribution in [0.1, 0.15) is 45.0 Å². The number of likely N-dealkylation sites (tertiary alicyclic amines) is 1. The summed E-state index contributed by atoms with van der Waals surface area (Å²) in [5, 5.41) is 3.67. The first-order valence-corrected chi connectivity index (χ1v) is 10.6. The van der Waals surface area contributed by atoms with E-state index in [1.807, 2.05) is 36.9 Å². The molecule has 2 aromatic heterocycles. The van der Waals surface area contributed by atoms with Gasteiger partial charge >= 0.3 is 6.09 Å². The van der Waals surface area contributed by atoms with E-state index in [4.69, 9.17) is 9.15 Å². The molecule has 31 heavy (non-hydrogen) atoms. The fourth-order valence-corrected chi connectivity index (χ4v) is 4.14. The maximum absolute atomic E-state index is 13.3. The number of imidazole rings is 1. The number of nitrogens with one attached hydrogen (secondary N) is 2. The van der Waals surface area contributed by atoms with Gasteiger partial charge in [-0.25, -0.2) is 9.78 Å². The van der Waals surface area contributed by atoms with Gasteiger partial charge in [0.05, 0.1) is 25.0 Å². The average molecular weight is 423 g/mol. The van der Waals surface area contributed by atoms with Crippen LogP contribution in [-0.2, 0) is 9.53 Å². The Morgan fingerprint density at radius 3 is 3.03 bits per heavy atom. The van der Waals surface area contributed by atoms with Crippen molar-refractivity contribution < 1.29 is 18.7 Å². The van der Waals surface area contributed by atoms with E-state index in [0.717, 1.165) is 40.9 Å². The molecule has 2 atom stereocenters. The molecule has 0 spiro atoms. The first kappa shape index (κ1) is 21.0. The van der Waals surface area contributed by atoms with Gasteiger partial charge in [-0.1, -0.05) is 13.8 Å². The number of carbonyl (C=O) groups is 2. The molecule has 1 aromatic carbocycles. The fraction of sp³-hybridized carbons (Fsp3) is 0.435. The van der Waals surface area contributed by atoms with Crippen LogP contribution in [0.4, 0.5) is 4.79 Å². The number of aromatic nitrogens is 2. The topological polar surface area (TPSA) is 100 Å². The molecular weight excluding hydrogens is 396 g/mol. The molecule has 4 rings (SSSR count). The lowest BCUT2D eigenvalue weighted by atomic mass is 10.0. The molecule has 3 heterocycles. The number of nitrogens with zero attached hydrogens (tertiary/aromatic N) is 2. The average Bonchev–Trinajstić information content (AvgIpc) is 3.51. The second-order valence-electron chi connectivity index (χ2n) is 8.31. The molecule has 8 nitrogen and oxygen atoms in total. The quantitative estimate of drug-likeness (QED) is 0.623. The van der Waals surface area contributed by atoms with Gasteiger partial charge in [-0.2, -0.15) is 0 Å². The number of hydrogen-bond donors (Lipinski definition) is 2. The van der Waals surface area contributed by atoms with Gasteiger partial charge in [0.15, 0.2) is 6.26 Å². The molecule has 0 saturated carbocycles. The van der Waals surface area contributed by atoms with Gasteiger partial charge in [0.25, 0.3) is 0 Å². The Morgan fingerprint density at radius 2 is 2.26 bits per heavy atom. The van der Waals surface area contributed by atoms with E-state index in [-0.39, 0.29) is 17.9 Å². The minimum atomic E-state index is -0.623. The number of aromatic amines is 1. The molecule has 0 aliphatic carbocycles. The number of hydrogen-bond acceptors (Lipinski definition) is 5. The first-order chi connectivity index (χ1) is 15.0. The van der Waals surface area contributed by atoms with Crippen LogP contribution in [0.2, 0.25) is 0 Å². The summed E-state index contributed by atoms with van der Waals surface area (Å²) in [5.41, 5.74) is 2.65. The van der Waals surface area contributed by atoms with E-state index >= 15 is 0 Å². The predicted molar refractivity (Wildman–Crippen MR) is 115 cm³/mol. The van der Waals surface area contributed by atoms with Crippen molar-refractivity contribution in [2.24, 2.45) is 5.92 Å². The van der Waals surface area contributed by atoms with Gasteiger partial charge in [-0.3, -0.25) is 4.79 Å². The molecule has 2 N–H and O–H groups in total. The highest BCUT2D eigenvalue weighted by atomic mass is 16.5. The minimum Gasteiger partial charge on any atom is -0.453 e. The molecule has 0 unspecified atom stereocenters. The Hall–Kier alpha value is -3.29. The molecule has 163 valence electrons. The van der Waals surface area contributed by atoms with Crippen molar-refractivity contribution in [1.29, 1.82) is 0 Å². The normalized spacial score (nSPS) is 17.3. The Kier molecular flexibility index (Phi) is 5.97. The van der Waals surface area contributed by atoms with Crippen molar-refractivity contribution in [1.82, 2.24) is 20.2 Å². The number of alkyl carbamates (subject to hydrolysis) is 1. The fourth-order valence-electron chi connectivity index (χ4n) is 4.14. The van der Waals surface area contributed by atoms with Crippen molar-refractivity contribution in [3.8, 4) is 11.3 Å². The summed E-state index contributed by atoms with van der Waals surface area (Å²) in [5.74, 6) is 0.897. The first-order valence-electron chi connectivity index (χ1n) is 10.6. The molecule has 0 bridgehead atoms. The maximum Gasteiger partial charge on any atom is 0.407 e. The molecule has 1 saturated heterocycles. The number of amides is 2. The lowest BCUT2D eigenvalue weighted by Crippen LogP contribution is -2.49. The Labute approximate surface area is 181 Å². The monoisotopic (exact) mass is 423 g/mol. The standard InChI is InChI=1S/C23H27N4O4/c1-14(2)11-17(26-23(29)30-3)22(28)27-9-4-5-19(27)21-24-13-18(25-21)15-6-7-20-16(12-15)8-10-31-20/h6-8,12-14,17,19H,4-5,9,11H2,1-3H3,(H,24,25)(H,26,29)/t17-,19-/m0/s1. The molecule has 1 aliphatic heterocycles. The number of carbonyl (C=O) groups excluding carboxylic acids is 2. The van der Waals surface area contributed by atoms with Crippen molar-refractivity contribution in [3.63, 3.8) is 0 Å². The molecule has 1 radical (unpaired) electrons. The second kappa shape index (κ2) is 8.83. The largest absolute Gasteiger partial charge is 0.453 e. The van der Waals surface area contributed by atoms with Crippen molar-refractivity contribution in [2.75, 3.05) is 13.7 Å². The number of furan rings is 1. The molecular formula is C23H27N4O4. The van der Waals surface area contributed by atoms with Gasteiger partial charge in [0.1, 0.15) is 17.4 Å². The third kappa shape index (κ3) is 4.42. The summed E-state index contributed by atoms with van der Waals surface area (Å²) in [6.45, 7) is 4.68. The highest BCUT2D eigenvalue weighted by Crippen LogP contribution is 2.33. The lowest BCUT2D eigenvalue weighted by Gasteiger charge is -2.29. The van der Waals surface area contributed by atoms with Crippen molar-refractivity contribution >= 4 is 23.0 Å². The maximum atomic E-state index is 13.3. The zero-order valence-electron chi connectivity index (χ0n) is 18.0. The summed E-state index contributed by atoms with van der Waals surface area (Å²) in [6.07, 6.45) is 6.19.